The van der Waals surface area contributed by atoms with Gasteiger partial charge >= 0.3 is 0 Å². The number of amides is 2. The second-order valence-electron chi connectivity index (χ2n) is 7.14. The summed E-state index contributed by atoms with van der Waals surface area (Å²) in [5, 5.41) is 6.00. The molecule has 0 saturated carbocycles. The van der Waals surface area contributed by atoms with Crippen molar-refractivity contribution in [1.82, 2.24) is 14.9 Å². The number of hydrogen-bond acceptors (Lipinski definition) is 3. The lowest BCUT2D eigenvalue weighted by atomic mass is 10.1. The monoisotopic (exact) mass is 392 g/mol. The van der Waals surface area contributed by atoms with Crippen LogP contribution >= 0.6 is 0 Å². The van der Waals surface area contributed by atoms with Crippen molar-refractivity contribution in [3.8, 4) is 0 Å². The van der Waals surface area contributed by atoms with Crippen LogP contribution in [0.3, 0.4) is 0 Å². The topological polar surface area (TPSA) is 76.0 Å². The number of nitrogens with zero attached hydrogens (tertiary/aromatic N) is 2. The lowest BCUT2D eigenvalue weighted by molar-refractivity contribution is -0.121. The molecule has 0 saturated heterocycles. The van der Waals surface area contributed by atoms with Crippen LogP contribution in [0.25, 0.3) is 11.0 Å². The van der Waals surface area contributed by atoms with Crippen molar-refractivity contribution >= 4 is 28.5 Å². The van der Waals surface area contributed by atoms with Crippen LogP contribution < -0.4 is 10.6 Å². The smallest absolute Gasteiger partial charge is 0.244 e. The van der Waals surface area contributed by atoms with Crippen molar-refractivity contribution in [2.75, 3.05) is 5.32 Å². The molecule has 1 heterocycles. The number of fused-ring (bicyclic) bond motifs is 1. The van der Waals surface area contributed by atoms with Crippen molar-refractivity contribution in [3.63, 3.8) is 0 Å². The number of anilines is 1. The van der Waals surface area contributed by atoms with Gasteiger partial charge in [-0.2, -0.15) is 0 Å². The third-order valence-electron chi connectivity index (χ3n) is 4.90. The third-order valence-corrected chi connectivity index (χ3v) is 4.90. The average Bonchev–Trinajstić information content (AvgIpc) is 3.07. The predicted molar refractivity (Wildman–Crippen MR) is 116 cm³/mol. The number of carbonyl (C=O) groups excluding carboxylic acids is 2. The Balaban J connectivity index is 1.87. The molecule has 1 unspecified atom stereocenters. The first kappa shape index (κ1) is 20.6. The molecule has 29 heavy (non-hydrogen) atoms. The summed E-state index contributed by atoms with van der Waals surface area (Å²) in [7, 11) is 0. The van der Waals surface area contributed by atoms with Gasteiger partial charge in [-0.25, -0.2) is 4.98 Å². The van der Waals surface area contributed by atoms with Gasteiger partial charge in [-0.15, -0.1) is 0 Å². The molecule has 0 fully saturated rings. The zero-order chi connectivity index (χ0) is 20.8. The molecule has 2 N–H and O–H groups in total. The van der Waals surface area contributed by atoms with Crippen LogP contribution in [0.15, 0.2) is 48.5 Å². The van der Waals surface area contributed by atoms with Crippen molar-refractivity contribution in [2.24, 2.45) is 0 Å². The van der Waals surface area contributed by atoms with E-state index in [9.17, 15) is 9.59 Å². The Hall–Kier alpha value is -3.15. The van der Waals surface area contributed by atoms with E-state index in [1.54, 1.807) is 0 Å². The van der Waals surface area contributed by atoms with Gasteiger partial charge in [0.25, 0.3) is 0 Å². The van der Waals surface area contributed by atoms with E-state index in [2.05, 4.69) is 22.5 Å². The van der Waals surface area contributed by atoms with Crippen molar-refractivity contribution in [3.05, 3.63) is 59.9 Å². The van der Waals surface area contributed by atoms with E-state index >= 15 is 0 Å². The molecule has 1 atom stereocenters. The summed E-state index contributed by atoms with van der Waals surface area (Å²) >= 11 is 0. The van der Waals surface area contributed by atoms with E-state index in [0.717, 1.165) is 35.1 Å². The summed E-state index contributed by atoms with van der Waals surface area (Å²) < 4.78 is 1.89. The highest BCUT2D eigenvalue weighted by Gasteiger charge is 2.20. The molecule has 0 aliphatic carbocycles. The molecule has 2 amide bonds. The molecule has 6 heteroatoms. The maximum Gasteiger partial charge on any atom is 0.244 e. The summed E-state index contributed by atoms with van der Waals surface area (Å²) in [5.41, 5.74) is 3.60. The van der Waals surface area contributed by atoms with Gasteiger partial charge in [0, 0.05) is 12.1 Å². The van der Waals surface area contributed by atoms with E-state index in [0.29, 0.717) is 12.2 Å². The minimum absolute atomic E-state index is 0.0140. The Labute approximate surface area is 171 Å². The van der Waals surface area contributed by atoms with Crippen LogP contribution in [-0.2, 0) is 22.6 Å². The summed E-state index contributed by atoms with van der Waals surface area (Å²) in [6, 6.07) is 15.2. The maximum absolute atomic E-state index is 12.8. The van der Waals surface area contributed by atoms with Crippen molar-refractivity contribution < 1.29 is 9.59 Å². The number of aryl methyl sites for hydroxylation is 1. The minimum Gasteiger partial charge on any atom is -0.346 e. The number of benzene rings is 2. The van der Waals surface area contributed by atoms with Gasteiger partial charge in [0.1, 0.15) is 12.4 Å². The van der Waals surface area contributed by atoms with Crippen LogP contribution in [-0.4, -0.2) is 21.4 Å². The van der Waals surface area contributed by atoms with Gasteiger partial charge in [0.2, 0.25) is 11.8 Å². The average molecular weight is 393 g/mol. The fraction of sp³-hybridized carbons (Fsp3) is 0.348. The van der Waals surface area contributed by atoms with Crippen LogP contribution in [0.5, 0.6) is 0 Å². The number of carbonyl (C=O) groups is 2. The molecule has 3 aromatic rings. The third kappa shape index (κ3) is 4.83. The minimum atomic E-state index is -0.294. The summed E-state index contributed by atoms with van der Waals surface area (Å²) in [6.45, 7) is 6.06. The Morgan fingerprint density at radius 2 is 1.76 bits per heavy atom. The van der Waals surface area contributed by atoms with Crippen LogP contribution in [0, 0.1) is 0 Å². The van der Waals surface area contributed by atoms with Gasteiger partial charge in [-0.05, 0) is 43.5 Å². The molecule has 0 radical (unpaired) electrons. The highest BCUT2D eigenvalue weighted by molar-refractivity contribution is 5.92. The second kappa shape index (κ2) is 9.37. The Bertz CT molecular complexity index is 1010. The largest absolute Gasteiger partial charge is 0.346 e. The standard InChI is InChI=1S/C23H28N4O2/c1-4-10-21(28)24-16(3)23-26-19-13-8-9-14-20(19)27(23)15-22(29)25-18-12-7-6-11-17(18)5-2/h6-9,11-14,16H,4-5,10,15H2,1-3H3,(H,24,28)(H,25,29). The summed E-state index contributed by atoms with van der Waals surface area (Å²) in [5.74, 6) is 0.539. The van der Waals surface area contributed by atoms with Crippen molar-refractivity contribution in [2.45, 2.75) is 52.6 Å². The molecular weight excluding hydrogens is 364 g/mol. The first-order valence-electron chi connectivity index (χ1n) is 10.2. The normalized spacial score (nSPS) is 12.0. The fourth-order valence-electron chi connectivity index (χ4n) is 3.48. The first-order valence-corrected chi connectivity index (χ1v) is 10.2. The highest BCUT2D eigenvalue weighted by Crippen LogP contribution is 2.22. The number of hydrogen-bond donors (Lipinski definition) is 2. The number of aromatic nitrogens is 2. The van der Waals surface area contributed by atoms with Crippen LogP contribution in [0.1, 0.15) is 51.0 Å². The second-order valence-corrected chi connectivity index (χ2v) is 7.14. The lowest BCUT2D eigenvalue weighted by Gasteiger charge is -2.17. The number of para-hydroxylation sites is 3. The molecule has 0 spiro atoms. The lowest BCUT2D eigenvalue weighted by Crippen LogP contribution is -2.29. The van der Waals surface area contributed by atoms with Crippen molar-refractivity contribution in [1.29, 1.82) is 0 Å². The SMILES string of the molecule is CCCC(=O)NC(C)c1nc2ccccc2n1CC(=O)Nc1ccccc1CC. The van der Waals surface area contributed by atoms with E-state index < -0.39 is 0 Å². The summed E-state index contributed by atoms with van der Waals surface area (Å²) in [4.78, 5) is 29.6. The van der Waals surface area contributed by atoms with Gasteiger partial charge < -0.3 is 15.2 Å². The Kier molecular flexibility index (Phi) is 6.65. The van der Waals surface area contributed by atoms with E-state index in [4.69, 9.17) is 0 Å². The summed E-state index contributed by atoms with van der Waals surface area (Å²) in [6.07, 6.45) is 2.10. The fourth-order valence-corrected chi connectivity index (χ4v) is 3.48. The Morgan fingerprint density at radius 3 is 2.52 bits per heavy atom. The number of rotatable bonds is 8. The van der Waals surface area contributed by atoms with Crippen LogP contribution in [0.2, 0.25) is 0 Å². The molecule has 6 nitrogen and oxygen atoms in total. The predicted octanol–water partition coefficient (Wildman–Crippen LogP) is 4.21. The molecule has 152 valence electrons. The highest BCUT2D eigenvalue weighted by atomic mass is 16.2. The van der Waals surface area contributed by atoms with E-state index in [1.807, 2.05) is 66.9 Å². The zero-order valence-corrected chi connectivity index (χ0v) is 17.2. The first-order chi connectivity index (χ1) is 14.0. The maximum atomic E-state index is 12.8. The molecule has 0 aliphatic heterocycles. The Morgan fingerprint density at radius 1 is 1.03 bits per heavy atom. The zero-order valence-electron chi connectivity index (χ0n) is 17.2. The molecule has 2 aromatic carbocycles. The quantitative estimate of drug-likeness (QED) is 0.603. The van der Waals surface area contributed by atoms with E-state index in [1.165, 1.54) is 0 Å². The van der Waals surface area contributed by atoms with Gasteiger partial charge in [0.15, 0.2) is 0 Å². The van der Waals surface area contributed by atoms with Crippen LogP contribution in [0.4, 0.5) is 5.69 Å². The number of nitrogens with one attached hydrogen (secondary N) is 2. The molecule has 1 aromatic heterocycles. The van der Waals surface area contributed by atoms with Gasteiger partial charge in [-0.1, -0.05) is 44.2 Å². The van der Waals surface area contributed by atoms with Gasteiger partial charge in [-0.3, -0.25) is 9.59 Å². The van der Waals surface area contributed by atoms with Gasteiger partial charge in [0.05, 0.1) is 17.1 Å². The molecule has 3 rings (SSSR count). The number of imidazole rings is 1. The molecule has 0 aliphatic rings. The van der Waals surface area contributed by atoms with E-state index in [-0.39, 0.29) is 24.4 Å². The molecule has 0 bridgehead atoms. The molecular formula is C23H28N4O2.